The Balaban J connectivity index is 2.21. The van der Waals surface area contributed by atoms with E-state index in [1.54, 1.807) is 6.07 Å². The first-order valence-electron chi connectivity index (χ1n) is 5.09. The van der Waals surface area contributed by atoms with Gasteiger partial charge in [0.1, 0.15) is 6.54 Å². The number of hydrogen-bond donors (Lipinski definition) is 2. The number of rotatable bonds is 4. The lowest BCUT2D eigenvalue weighted by Crippen LogP contribution is -2.43. The predicted molar refractivity (Wildman–Crippen MR) is 53.6 cm³/mol. The summed E-state index contributed by atoms with van der Waals surface area (Å²) < 4.78 is 0. The van der Waals surface area contributed by atoms with E-state index in [1.165, 1.54) is 12.8 Å². The van der Waals surface area contributed by atoms with Crippen LogP contribution >= 0.6 is 0 Å². The molecule has 1 aliphatic rings. The number of nitrogens with one attached hydrogen (secondary N) is 2. The molecular formula is C10H15N3O2. The van der Waals surface area contributed by atoms with Crippen LogP contribution in [0, 0.1) is 17.2 Å². The molecule has 15 heavy (non-hydrogen) atoms. The molecule has 1 atom stereocenters. The summed E-state index contributed by atoms with van der Waals surface area (Å²) in [7, 11) is 0. The van der Waals surface area contributed by atoms with E-state index in [0.29, 0.717) is 5.92 Å². The minimum Gasteiger partial charge on any atom is -0.345 e. The summed E-state index contributed by atoms with van der Waals surface area (Å²) >= 11 is 0. The molecular weight excluding hydrogens is 194 g/mol. The molecule has 0 aromatic rings. The average molecular weight is 209 g/mol. The van der Waals surface area contributed by atoms with Crippen molar-refractivity contribution in [1.82, 2.24) is 10.6 Å². The molecule has 0 aromatic heterocycles. The summed E-state index contributed by atoms with van der Waals surface area (Å²) in [5.41, 5.74) is 0. The lowest BCUT2D eigenvalue weighted by molar-refractivity contribution is -0.139. The first kappa shape index (κ1) is 11.5. The van der Waals surface area contributed by atoms with Crippen LogP contribution in [0.4, 0.5) is 0 Å². The van der Waals surface area contributed by atoms with Crippen molar-refractivity contribution in [1.29, 1.82) is 5.26 Å². The number of carbonyl (C=O) groups excluding carboxylic acids is 2. The molecule has 0 radical (unpaired) electrons. The van der Waals surface area contributed by atoms with E-state index in [4.69, 9.17) is 5.26 Å². The van der Waals surface area contributed by atoms with Gasteiger partial charge in [-0.05, 0) is 19.3 Å². The second-order valence-corrected chi connectivity index (χ2v) is 3.89. The van der Waals surface area contributed by atoms with E-state index in [-0.39, 0.29) is 12.6 Å². The molecule has 0 bridgehead atoms. The standard InChI is InChI=1S/C10H15N3O2/c1-7(6-8-2-3-8)13-10(15)9(14)12-5-4-11/h7-8H,2-3,5-6H2,1H3,(H,12,14)(H,13,15). The molecule has 1 unspecified atom stereocenters. The van der Waals surface area contributed by atoms with Crippen LogP contribution in [0.3, 0.4) is 0 Å². The van der Waals surface area contributed by atoms with Crippen molar-refractivity contribution >= 4 is 11.8 Å². The first-order chi connectivity index (χ1) is 7.13. The Labute approximate surface area is 88.8 Å². The van der Waals surface area contributed by atoms with Gasteiger partial charge in [0.05, 0.1) is 6.07 Å². The summed E-state index contributed by atoms with van der Waals surface area (Å²) in [5, 5.41) is 13.0. The van der Waals surface area contributed by atoms with E-state index in [9.17, 15) is 9.59 Å². The van der Waals surface area contributed by atoms with Crippen molar-refractivity contribution < 1.29 is 9.59 Å². The maximum Gasteiger partial charge on any atom is 0.310 e. The molecule has 82 valence electrons. The Morgan fingerprint density at radius 3 is 2.67 bits per heavy atom. The summed E-state index contributed by atoms with van der Waals surface area (Å²) in [6.07, 6.45) is 3.37. The fourth-order valence-corrected chi connectivity index (χ4v) is 1.40. The summed E-state index contributed by atoms with van der Waals surface area (Å²) in [4.78, 5) is 22.3. The molecule has 0 heterocycles. The number of nitriles is 1. The van der Waals surface area contributed by atoms with E-state index in [2.05, 4.69) is 10.6 Å². The molecule has 5 heteroatoms. The Bertz CT molecular complexity index is 292. The maximum absolute atomic E-state index is 11.2. The van der Waals surface area contributed by atoms with Gasteiger partial charge in [-0.2, -0.15) is 5.26 Å². The average Bonchev–Trinajstić information content (AvgIpc) is 2.97. The highest BCUT2D eigenvalue weighted by atomic mass is 16.2. The van der Waals surface area contributed by atoms with Crippen LogP contribution in [0.15, 0.2) is 0 Å². The van der Waals surface area contributed by atoms with Crippen molar-refractivity contribution in [2.75, 3.05) is 6.54 Å². The minimum atomic E-state index is -0.737. The van der Waals surface area contributed by atoms with Gasteiger partial charge >= 0.3 is 11.8 Å². The number of hydrogen-bond acceptors (Lipinski definition) is 3. The first-order valence-corrected chi connectivity index (χ1v) is 5.09. The molecule has 0 spiro atoms. The zero-order chi connectivity index (χ0) is 11.3. The predicted octanol–water partition coefficient (Wildman–Crippen LogP) is -0.0690. The highest BCUT2D eigenvalue weighted by molar-refractivity contribution is 6.35. The Morgan fingerprint density at radius 2 is 2.13 bits per heavy atom. The van der Waals surface area contributed by atoms with Crippen LogP contribution in [0.1, 0.15) is 26.2 Å². The number of carbonyl (C=O) groups is 2. The summed E-state index contributed by atoms with van der Waals surface area (Å²) in [6.45, 7) is 1.75. The minimum absolute atomic E-state index is 0.0258. The van der Waals surface area contributed by atoms with Crippen molar-refractivity contribution in [3.63, 3.8) is 0 Å². The van der Waals surface area contributed by atoms with Gasteiger partial charge in [-0.15, -0.1) is 0 Å². The van der Waals surface area contributed by atoms with Gasteiger partial charge in [0.15, 0.2) is 0 Å². The Kier molecular flexibility index (Phi) is 4.10. The van der Waals surface area contributed by atoms with Crippen LogP contribution < -0.4 is 10.6 Å². The molecule has 0 aromatic carbocycles. The third-order valence-electron chi connectivity index (χ3n) is 2.30. The Morgan fingerprint density at radius 1 is 1.47 bits per heavy atom. The molecule has 2 amide bonds. The van der Waals surface area contributed by atoms with Crippen molar-refractivity contribution in [2.24, 2.45) is 5.92 Å². The Hall–Kier alpha value is -1.57. The van der Waals surface area contributed by atoms with Crippen molar-refractivity contribution in [3.05, 3.63) is 0 Å². The van der Waals surface area contributed by atoms with Crippen LogP contribution in [0.25, 0.3) is 0 Å². The number of nitrogens with zero attached hydrogens (tertiary/aromatic N) is 1. The number of amides is 2. The fourth-order valence-electron chi connectivity index (χ4n) is 1.40. The molecule has 1 fully saturated rings. The molecule has 1 aliphatic carbocycles. The third kappa shape index (κ3) is 4.45. The largest absolute Gasteiger partial charge is 0.345 e. The van der Waals surface area contributed by atoms with Gasteiger partial charge < -0.3 is 10.6 Å². The smallest absolute Gasteiger partial charge is 0.310 e. The second kappa shape index (κ2) is 5.35. The maximum atomic E-state index is 11.2. The van der Waals surface area contributed by atoms with Gasteiger partial charge in [-0.3, -0.25) is 9.59 Å². The van der Waals surface area contributed by atoms with Crippen LogP contribution in [0.5, 0.6) is 0 Å². The molecule has 1 saturated carbocycles. The molecule has 0 aliphatic heterocycles. The van der Waals surface area contributed by atoms with Gasteiger partial charge in [-0.1, -0.05) is 12.8 Å². The zero-order valence-electron chi connectivity index (χ0n) is 8.75. The van der Waals surface area contributed by atoms with Crippen LogP contribution in [-0.2, 0) is 9.59 Å². The normalized spacial score (nSPS) is 16.3. The van der Waals surface area contributed by atoms with Crippen molar-refractivity contribution in [3.8, 4) is 6.07 Å². The lowest BCUT2D eigenvalue weighted by atomic mass is 10.1. The summed E-state index contributed by atoms with van der Waals surface area (Å²) in [5.74, 6) is -0.680. The monoisotopic (exact) mass is 209 g/mol. The van der Waals surface area contributed by atoms with E-state index < -0.39 is 11.8 Å². The highest BCUT2D eigenvalue weighted by Gasteiger charge is 2.25. The van der Waals surface area contributed by atoms with E-state index in [1.807, 2.05) is 6.92 Å². The molecule has 1 rings (SSSR count). The molecule has 0 saturated heterocycles. The van der Waals surface area contributed by atoms with Gasteiger partial charge in [-0.25, -0.2) is 0 Å². The third-order valence-corrected chi connectivity index (χ3v) is 2.30. The topological polar surface area (TPSA) is 82.0 Å². The van der Waals surface area contributed by atoms with Gasteiger partial charge in [0.2, 0.25) is 0 Å². The van der Waals surface area contributed by atoms with Gasteiger partial charge in [0.25, 0.3) is 0 Å². The van der Waals surface area contributed by atoms with Crippen LogP contribution in [0.2, 0.25) is 0 Å². The van der Waals surface area contributed by atoms with Crippen molar-refractivity contribution in [2.45, 2.75) is 32.2 Å². The quantitative estimate of drug-likeness (QED) is 0.502. The van der Waals surface area contributed by atoms with Gasteiger partial charge in [0, 0.05) is 6.04 Å². The fraction of sp³-hybridized carbons (Fsp3) is 0.700. The zero-order valence-corrected chi connectivity index (χ0v) is 8.75. The van der Waals surface area contributed by atoms with Crippen LogP contribution in [-0.4, -0.2) is 24.4 Å². The highest BCUT2D eigenvalue weighted by Crippen LogP contribution is 2.33. The molecule has 2 N–H and O–H groups in total. The van der Waals surface area contributed by atoms with E-state index in [0.717, 1.165) is 6.42 Å². The second-order valence-electron chi connectivity index (χ2n) is 3.89. The lowest BCUT2D eigenvalue weighted by Gasteiger charge is -2.12. The molecule has 5 nitrogen and oxygen atoms in total. The SMILES string of the molecule is CC(CC1CC1)NC(=O)C(=O)NCC#N. The summed E-state index contributed by atoms with van der Waals surface area (Å²) in [6, 6.07) is 1.76. The van der Waals surface area contributed by atoms with E-state index >= 15 is 0 Å².